The Hall–Kier alpha value is -0.770. The molecule has 0 bridgehead atoms. The first-order valence-corrected chi connectivity index (χ1v) is 3.32. The van der Waals surface area contributed by atoms with Gasteiger partial charge in [-0.05, 0) is 6.92 Å². The summed E-state index contributed by atoms with van der Waals surface area (Å²) in [5, 5.41) is 11.9. The van der Waals surface area contributed by atoms with Gasteiger partial charge in [0.1, 0.15) is 6.23 Å². The van der Waals surface area contributed by atoms with E-state index in [1.54, 1.807) is 7.05 Å². The molecule has 1 heterocycles. The number of hydrogen-bond donors (Lipinski definition) is 2. The molecule has 0 aromatic heterocycles. The average molecular weight is 144 g/mol. The summed E-state index contributed by atoms with van der Waals surface area (Å²) in [5.41, 5.74) is 0. The van der Waals surface area contributed by atoms with Crippen LogP contribution in [0.1, 0.15) is 13.3 Å². The number of nitrogens with zero attached hydrogens (tertiary/aromatic N) is 1. The summed E-state index contributed by atoms with van der Waals surface area (Å²) in [6.07, 6.45) is -0.0221. The van der Waals surface area contributed by atoms with Crippen molar-refractivity contribution in [3.63, 3.8) is 0 Å². The second-order valence-electron chi connectivity index (χ2n) is 2.68. The topological polar surface area (TPSA) is 52.6 Å². The maximum Gasteiger partial charge on any atom is 0.319 e. The number of nitrogens with one attached hydrogen (secondary N) is 1. The third-order valence-corrected chi connectivity index (χ3v) is 1.70. The highest BCUT2D eigenvalue weighted by Gasteiger charge is 2.26. The fourth-order valence-electron chi connectivity index (χ4n) is 0.981. The highest BCUT2D eigenvalue weighted by atomic mass is 16.3. The van der Waals surface area contributed by atoms with E-state index < -0.39 is 6.23 Å². The van der Waals surface area contributed by atoms with Crippen LogP contribution in [0.5, 0.6) is 0 Å². The zero-order chi connectivity index (χ0) is 7.72. The Morgan fingerprint density at radius 2 is 2.40 bits per heavy atom. The van der Waals surface area contributed by atoms with Gasteiger partial charge in [0.25, 0.3) is 0 Å². The molecule has 10 heavy (non-hydrogen) atoms. The molecule has 0 spiro atoms. The number of carbonyl (C=O) groups excluding carboxylic acids is 1. The summed E-state index contributed by atoms with van der Waals surface area (Å²) >= 11 is 0. The molecule has 2 N–H and O–H groups in total. The smallest absolute Gasteiger partial charge is 0.319 e. The molecule has 1 aliphatic heterocycles. The van der Waals surface area contributed by atoms with Crippen molar-refractivity contribution in [2.45, 2.75) is 25.6 Å². The van der Waals surface area contributed by atoms with E-state index in [2.05, 4.69) is 5.32 Å². The van der Waals surface area contributed by atoms with E-state index in [1.165, 1.54) is 4.90 Å². The molecule has 4 heteroatoms. The van der Waals surface area contributed by atoms with E-state index in [4.69, 9.17) is 0 Å². The van der Waals surface area contributed by atoms with Crippen molar-refractivity contribution in [2.24, 2.45) is 0 Å². The van der Waals surface area contributed by atoms with Gasteiger partial charge in [0.2, 0.25) is 0 Å². The molecule has 1 aliphatic rings. The van der Waals surface area contributed by atoms with Crippen LogP contribution in [0.2, 0.25) is 0 Å². The lowest BCUT2D eigenvalue weighted by atomic mass is 10.2. The fraction of sp³-hybridized carbons (Fsp3) is 0.833. The van der Waals surface area contributed by atoms with Crippen molar-refractivity contribution in [2.75, 3.05) is 7.05 Å². The van der Waals surface area contributed by atoms with Crippen molar-refractivity contribution >= 4 is 6.03 Å². The minimum atomic E-state index is -0.622. The molecule has 0 aliphatic carbocycles. The standard InChI is InChI=1S/C6H12N2O2/c1-4-3-5(9)8(2)6(10)7-4/h4-5,9H,3H2,1-2H3,(H,7,10). The maximum absolute atomic E-state index is 10.9. The number of carbonyl (C=O) groups is 1. The molecule has 2 amide bonds. The Labute approximate surface area is 59.8 Å². The van der Waals surface area contributed by atoms with Gasteiger partial charge in [0.15, 0.2) is 0 Å². The quantitative estimate of drug-likeness (QED) is 0.492. The van der Waals surface area contributed by atoms with Crippen LogP contribution < -0.4 is 5.32 Å². The molecule has 0 aromatic rings. The van der Waals surface area contributed by atoms with Gasteiger partial charge < -0.3 is 15.3 Å². The van der Waals surface area contributed by atoms with Crippen LogP contribution in [-0.4, -0.2) is 35.4 Å². The predicted octanol–water partition coefficient (Wildman–Crippen LogP) is -0.262. The minimum absolute atomic E-state index is 0.0821. The van der Waals surface area contributed by atoms with E-state index in [0.29, 0.717) is 6.42 Å². The van der Waals surface area contributed by atoms with Gasteiger partial charge in [-0.25, -0.2) is 4.79 Å². The third-order valence-electron chi connectivity index (χ3n) is 1.70. The van der Waals surface area contributed by atoms with Gasteiger partial charge in [-0.15, -0.1) is 0 Å². The molecule has 1 saturated heterocycles. The highest BCUT2D eigenvalue weighted by molar-refractivity contribution is 5.75. The van der Waals surface area contributed by atoms with Gasteiger partial charge in [-0.3, -0.25) is 0 Å². The fourth-order valence-corrected chi connectivity index (χ4v) is 0.981. The summed E-state index contributed by atoms with van der Waals surface area (Å²) in [6.45, 7) is 1.87. The number of aliphatic hydroxyl groups is 1. The van der Waals surface area contributed by atoms with Crippen molar-refractivity contribution in [3.05, 3.63) is 0 Å². The first-order chi connectivity index (χ1) is 4.61. The zero-order valence-corrected chi connectivity index (χ0v) is 6.16. The molecule has 0 saturated carbocycles. The molecule has 0 radical (unpaired) electrons. The summed E-state index contributed by atoms with van der Waals surface area (Å²) in [7, 11) is 1.58. The van der Waals surface area contributed by atoms with Crippen molar-refractivity contribution in [1.82, 2.24) is 10.2 Å². The summed E-state index contributed by atoms with van der Waals surface area (Å²) in [6, 6.07) is -0.120. The monoisotopic (exact) mass is 144 g/mol. The van der Waals surface area contributed by atoms with E-state index in [0.717, 1.165) is 0 Å². The lowest BCUT2D eigenvalue weighted by Gasteiger charge is -2.32. The summed E-state index contributed by atoms with van der Waals surface area (Å²) in [5.74, 6) is 0. The van der Waals surface area contributed by atoms with Crippen LogP contribution >= 0.6 is 0 Å². The minimum Gasteiger partial charge on any atom is -0.373 e. The van der Waals surface area contributed by atoms with Crippen LogP contribution in [0.4, 0.5) is 4.79 Å². The van der Waals surface area contributed by atoms with Gasteiger partial charge >= 0.3 is 6.03 Å². The normalized spacial score (nSPS) is 33.9. The molecule has 0 aromatic carbocycles. The largest absolute Gasteiger partial charge is 0.373 e. The molecular weight excluding hydrogens is 132 g/mol. The van der Waals surface area contributed by atoms with E-state index in [1.807, 2.05) is 6.92 Å². The first-order valence-electron chi connectivity index (χ1n) is 3.32. The van der Waals surface area contributed by atoms with Crippen LogP contribution in [0.15, 0.2) is 0 Å². The summed E-state index contributed by atoms with van der Waals surface area (Å²) < 4.78 is 0. The van der Waals surface area contributed by atoms with Gasteiger partial charge in [-0.2, -0.15) is 0 Å². The highest BCUT2D eigenvalue weighted by Crippen LogP contribution is 2.08. The molecule has 2 unspecified atom stereocenters. The van der Waals surface area contributed by atoms with Gasteiger partial charge in [-0.1, -0.05) is 0 Å². The average Bonchev–Trinajstić information content (AvgIpc) is 1.82. The van der Waals surface area contributed by atoms with Crippen LogP contribution in [0.3, 0.4) is 0 Å². The lowest BCUT2D eigenvalue weighted by molar-refractivity contribution is 0.0164. The van der Waals surface area contributed by atoms with E-state index in [-0.39, 0.29) is 12.1 Å². The summed E-state index contributed by atoms with van der Waals surface area (Å²) in [4.78, 5) is 12.2. The Bertz CT molecular complexity index is 149. The first kappa shape index (κ1) is 7.34. The Morgan fingerprint density at radius 1 is 1.80 bits per heavy atom. The Morgan fingerprint density at radius 3 is 2.90 bits per heavy atom. The molecule has 1 fully saturated rings. The molecule has 4 nitrogen and oxygen atoms in total. The third kappa shape index (κ3) is 1.21. The lowest BCUT2D eigenvalue weighted by Crippen LogP contribution is -2.53. The predicted molar refractivity (Wildman–Crippen MR) is 36.4 cm³/mol. The maximum atomic E-state index is 10.9. The van der Waals surface area contributed by atoms with E-state index >= 15 is 0 Å². The van der Waals surface area contributed by atoms with Gasteiger partial charge in [0.05, 0.1) is 0 Å². The Kier molecular flexibility index (Phi) is 1.80. The van der Waals surface area contributed by atoms with Crippen LogP contribution in [0, 0.1) is 0 Å². The SMILES string of the molecule is CC1CC(O)N(C)C(=O)N1. The Balaban J connectivity index is 2.57. The van der Waals surface area contributed by atoms with Crippen molar-refractivity contribution in [1.29, 1.82) is 0 Å². The molecule has 1 rings (SSSR count). The van der Waals surface area contributed by atoms with E-state index in [9.17, 15) is 9.90 Å². The second kappa shape index (κ2) is 2.46. The van der Waals surface area contributed by atoms with Crippen molar-refractivity contribution in [3.8, 4) is 0 Å². The van der Waals surface area contributed by atoms with Crippen LogP contribution in [-0.2, 0) is 0 Å². The number of aliphatic hydroxyl groups excluding tert-OH is 1. The van der Waals surface area contributed by atoms with Crippen LogP contribution in [0.25, 0.3) is 0 Å². The number of amides is 2. The molecule has 58 valence electrons. The number of hydrogen-bond acceptors (Lipinski definition) is 2. The number of urea groups is 1. The van der Waals surface area contributed by atoms with Gasteiger partial charge in [0, 0.05) is 19.5 Å². The van der Waals surface area contributed by atoms with Crippen molar-refractivity contribution < 1.29 is 9.90 Å². The second-order valence-corrected chi connectivity index (χ2v) is 2.68. The number of rotatable bonds is 0. The molecular formula is C6H12N2O2. The molecule has 2 atom stereocenters. The zero-order valence-electron chi connectivity index (χ0n) is 6.16.